The molecule has 0 atom stereocenters. The van der Waals surface area contributed by atoms with Crippen LogP contribution >= 0.6 is 0 Å². The highest BCUT2D eigenvalue weighted by molar-refractivity contribution is 5.78. The van der Waals surface area contributed by atoms with E-state index in [4.69, 9.17) is 14.2 Å². The molecule has 0 bridgehead atoms. The number of nitrogens with zero attached hydrogens (tertiary/aromatic N) is 2. The number of para-hydroxylation sites is 1. The van der Waals surface area contributed by atoms with Crippen molar-refractivity contribution in [2.75, 3.05) is 59.7 Å². The summed E-state index contributed by atoms with van der Waals surface area (Å²) >= 11 is 0. The molecule has 2 rings (SSSR count). The first kappa shape index (κ1) is 21.2. The minimum Gasteiger partial charge on any atom is -0.494 e. The van der Waals surface area contributed by atoms with Gasteiger partial charge in [0.05, 0.1) is 19.8 Å². The van der Waals surface area contributed by atoms with Crippen LogP contribution < -0.4 is 4.74 Å². The largest absolute Gasteiger partial charge is 0.494 e. The molecule has 0 aromatic heterocycles. The van der Waals surface area contributed by atoms with Crippen LogP contribution in [0.5, 0.6) is 5.75 Å². The first-order valence-corrected chi connectivity index (χ1v) is 9.51. The molecule has 1 fully saturated rings. The van der Waals surface area contributed by atoms with Crippen molar-refractivity contribution < 1.29 is 23.8 Å². The predicted molar refractivity (Wildman–Crippen MR) is 102 cm³/mol. The Kier molecular flexibility index (Phi) is 9.65. The molecule has 1 aliphatic heterocycles. The molecule has 27 heavy (non-hydrogen) atoms. The third-order valence-electron chi connectivity index (χ3n) is 4.41. The number of methoxy groups -OCH3 is 1. The maximum absolute atomic E-state index is 12.4. The van der Waals surface area contributed by atoms with Gasteiger partial charge < -0.3 is 24.0 Å². The Labute approximate surface area is 161 Å². The van der Waals surface area contributed by atoms with Crippen molar-refractivity contribution >= 4 is 11.8 Å². The minimum absolute atomic E-state index is 0.0309. The molecule has 1 aromatic carbocycles. The molecule has 1 heterocycles. The van der Waals surface area contributed by atoms with Gasteiger partial charge in [-0.2, -0.15) is 0 Å². The molecule has 0 N–H and O–H groups in total. The van der Waals surface area contributed by atoms with Gasteiger partial charge in [-0.1, -0.05) is 18.2 Å². The van der Waals surface area contributed by atoms with Crippen molar-refractivity contribution in [3.05, 3.63) is 30.3 Å². The van der Waals surface area contributed by atoms with Crippen LogP contribution in [0, 0.1) is 0 Å². The van der Waals surface area contributed by atoms with E-state index in [-0.39, 0.29) is 18.4 Å². The van der Waals surface area contributed by atoms with Gasteiger partial charge in [0.15, 0.2) is 0 Å². The number of carbonyl (C=O) groups is 2. The Balaban J connectivity index is 1.64. The zero-order valence-corrected chi connectivity index (χ0v) is 16.1. The van der Waals surface area contributed by atoms with E-state index in [2.05, 4.69) is 0 Å². The summed E-state index contributed by atoms with van der Waals surface area (Å²) < 4.78 is 15.8. The molecule has 1 aliphatic rings. The third kappa shape index (κ3) is 7.97. The van der Waals surface area contributed by atoms with Crippen molar-refractivity contribution in [3.8, 4) is 5.75 Å². The molecule has 0 aliphatic carbocycles. The number of hydrogen-bond acceptors (Lipinski definition) is 5. The average molecular weight is 378 g/mol. The highest BCUT2D eigenvalue weighted by Crippen LogP contribution is 2.10. The van der Waals surface area contributed by atoms with Gasteiger partial charge in [-0.15, -0.1) is 0 Å². The zero-order chi connectivity index (χ0) is 19.3. The van der Waals surface area contributed by atoms with Gasteiger partial charge >= 0.3 is 0 Å². The lowest BCUT2D eigenvalue weighted by Crippen LogP contribution is -2.39. The van der Waals surface area contributed by atoms with Crippen LogP contribution in [-0.2, 0) is 19.1 Å². The van der Waals surface area contributed by atoms with Crippen molar-refractivity contribution in [2.45, 2.75) is 19.3 Å². The fourth-order valence-corrected chi connectivity index (χ4v) is 2.90. The summed E-state index contributed by atoms with van der Waals surface area (Å²) in [6, 6.07) is 9.60. The smallest absolute Gasteiger partial charge is 0.248 e. The second-order valence-corrected chi connectivity index (χ2v) is 6.43. The van der Waals surface area contributed by atoms with E-state index in [0.29, 0.717) is 58.8 Å². The summed E-state index contributed by atoms with van der Waals surface area (Å²) in [6.45, 7) is 3.94. The van der Waals surface area contributed by atoms with Gasteiger partial charge in [0.1, 0.15) is 12.4 Å². The van der Waals surface area contributed by atoms with Crippen molar-refractivity contribution in [1.29, 1.82) is 0 Å². The molecule has 1 aromatic rings. The monoisotopic (exact) mass is 378 g/mol. The van der Waals surface area contributed by atoms with E-state index in [9.17, 15) is 9.59 Å². The summed E-state index contributed by atoms with van der Waals surface area (Å²) in [7, 11) is 1.60. The van der Waals surface area contributed by atoms with Gasteiger partial charge in [-0.3, -0.25) is 9.59 Å². The van der Waals surface area contributed by atoms with Crippen LogP contribution in [0.15, 0.2) is 30.3 Å². The molecule has 7 nitrogen and oxygen atoms in total. The number of carbonyl (C=O) groups excluding carboxylic acids is 2. The topological polar surface area (TPSA) is 68.3 Å². The molecule has 7 heteroatoms. The SMILES string of the molecule is COCCOCC(=O)N1CCCN(C(=O)CCCOc2ccccc2)CC1. The molecule has 0 unspecified atom stereocenters. The van der Waals surface area contributed by atoms with Crippen LogP contribution in [-0.4, -0.2) is 81.3 Å². The standard InChI is InChI=1S/C20H30N2O5/c1-25-15-16-26-17-20(24)22-11-6-10-21(12-13-22)19(23)9-5-14-27-18-7-3-2-4-8-18/h2-4,7-8H,5-6,9-17H2,1H3. The summed E-state index contributed by atoms with van der Waals surface area (Å²) in [6.07, 6.45) is 1.93. The van der Waals surface area contributed by atoms with E-state index in [0.717, 1.165) is 12.2 Å². The summed E-state index contributed by atoms with van der Waals surface area (Å²) in [4.78, 5) is 28.2. The van der Waals surface area contributed by atoms with Crippen molar-refractivity contribution in [3.63, 3.8) is 0 Å². The van der Waals surface area contributed by atoms with Crippen molar-refractivity contribution in [2.24, 2.45) is 0 Å². The number of amides is 2. The van der Waals surface area contributed by atoms with Crippen LogP contribution in [0.2, 0.25) is 0 Å². The highest BCUT2D eigenvalue weighted by Gasteiger charge is 2.21. The maximum Gasteiger partial charge on any atom is 0.248 e. The normalized spacial score (nSPS) is 14.7. The van der Waals surface area contributed by atoms with Crippen molar-refractivity contribution in [1.82, 2.24) is 9.80 Å². The quantitative estimate of drug-likeness (QED) is 0.578. The van der Waals surface area contributed by atoms with E-state index in [1.807, 2.05) is 35.2 Å². The van der Waals surface area contributed by atoms with Crippen LogP contribution in [0.1, 0.15) is 19.3 Å². The number of hydrogen-bond donors (Lipinski definition) is 0. The van der Waals surface area contributed by atoms with Gasteiger partial charge in [0, 0.05) is 39.7 Å². The van der Waals surface area contributed by atoms with E-state index in [1.54, 1.807) is 12.0 Å². The van der Waals surface area contributed by atoms with Crippen LogP contribution in [0.25, 0.3) is 0 Å². The lowest BCUT2D eigenvalue weighted by Gasteiger charge is -2.22. The van der Waals surface area contributed by atoms with E-state index in [1.165, 1.54) is 0 Å². The fourth-order valence-electron chi connectivity index (χ4n) is 2.90. The molecule has 0 spiro atoms. The Morgan fingerprint density at radius 2 is 1.63 bits per heavy atom. The first-order valence-electron chi connectivity index (χ1n) is 9.51. The second-order valence-electron chi connectivity index (χ2n) is 6.43. The number of benzene rings is 1. The summed E-state index contributed by atoms with van der Waals surface area (Å²) in [5.41, 5.74) is 0. The molecule has 1 saturated heterocycles. The van der Waals surface area contributed by atoms with Gasteiger partial charge in [-0.05, 0) is 25.0 Å². The zero-order valence-electron chi connectivity index (χ0n) is 16.1. The number of ether oxygens (including phenoxy) is 3. The van der Waals surface area contributed by atoms with E-state index < -0.39 is 0 Å². The minimum atomic E-state index is -0.0309. The summed E-state index contributed by atoms with van der Waals surface area (Å²) in [5, 5.41) is 0. The Morgan fingerprint density at radius 1 is 0.926 bits per heavy atom. The van der Waals surface area contributed by atoms with E-state index >= 15 is 0 Å². The fraction of sp³-hybridized carbons (Fsp3) is 0.600. The van der Waals surface area contributed by atoms with Crippen LogP contribution in [0.4, 0.5) is 0 Å². The maximum atomic E-state index is 12.4. The number of rotatable bonds is 10. The average Bonchev–Trinajstić information content (AvgIpc) is 2.95. The lowest BCUT2D eigenvalue weighted by atomic mass is 10.2. The molecular formula is C20H30N2O5. The molecule has 150 valence electrons. The Hall–Kier alpha value is -2.12. The Bertz CT molecular complexity index is 567. The molecule has 2 amide bonds. The molecule has 0 radical (unpaired) electrons. The molecule has 0 saturated carbocycles. The van der Waals surface area contributed by atoms with Crippen LogP contribution in [0.3, 0.4) is 0 Å². The summed E-state index contributed by atoms with van der Waals surface area (Å²) in [5.74, 6) is 0.913. The van der Waals surface area contributed by atoms with Gasteiger partial charge in [-0.25, -0.2) is 0 Å². The highest BCUT2D eigenvalue weighted by atomic mass is 16.5. The third-order valence-corrected chi connectivity index (χ3v) is 4.41. The van der Waals surface area contributed by atoms with Gasteiger partial charge in [0.2, 0.25) is 11.8 Å². The lowest BCUT2D eigenvalue weighted by molar-refractivity contribution is -0.137. The Morgan fingerprint density at radius 3 is 2.33 bits per heavy atom. The predicted octanol–water partition coefficient (Wildman–Crippen LogP) is 1.57. The molecular weight excluding hydrogens is 348 g/mol. The first-order chi connectivity index (χ1) is 13.2. The second kappa shape index (κ2) is 12.3. The van der Waals surface area contributed by atoms with Gasteiger partial charge in [0.25, 0.3) is 0 Å².